The molecule has 182 valence electrons. The number of amides is 2. The first-order valence-electron chi connectivity index (χ1n) is 11.1. The smallest absolute Gasteiger partial charge is 0.238 e. The normalized spacial score (nSPS) is 21.7. The molecule has 6 nitrogen and oxygen atoms in total. The van der Waals surface area contributed by atoms with Crippen LogP contribution in [0.1, 0.15) is 24.0 Å². The van der Waals surface area contributed by atoms with Gasteiger partial charge in [0.05, 0.1) is 31.4 Å². The van der Waals surface area contributed by atoms with Gasteiger partial charge in [0, 0.05) is 29.7 Å². The van der Waals surface area contributed by atoms with Crippen molar-refractivity contribution in [2.24, 2.45) is 5.92 Å². The zero-order valence-corrected chi connectivity index (χ0v) is 20.8. The van der Waals surface area contributed by atoms with Crippen LogP contribution in [0.3, 0.4) is 0 Å². The van der Waals surface area contributed by atoms with Crippen LogP contribution in [0.15, 0.2) is 36.4 Å². The minimum atomic E-state index is -1.28. The van der Waals surface area contributed by atoms with E-state index in [1.165, 1.54) is 18.2 Å². The number of morpholine rings is 1. The fourth-order valence-electron chi connectivity index (χ4n) is 4.20. The van der Waals surface area contributed by atoms with Crippen molar-refractivity contribution in [1.82, 2.24) is 4.90 Å². The van der Waals surface area contributed by atoms with E-state index in [4.69, 9.17) is 39.5 Å². The number of rotatable bonds is 7. The summed E-state index contributed by atoms with van der Waals surface area (Å²) in [6, 6.07) is 9.55. The van der Waals surface area contributed by atoms with E-state index in [-0.39, 0.29) is 18.1 Å². The Morgan fingerprint density at radius 2 is 1.88 bits per heavy atom. The average Bonchev–Trinajstić information content (AvgIpc) is 3.38. The molecule has 4 rings (SSSR count). The Labute approximate surface area is 212 Å². The third-order valence-corrected chi connectivity index (χ3v) is 7.22. The molecule has 2 fully saturated rings. The molecule has 0 aromatic heterocycles. The van der Waals surface area contributed by atoms with Gasteiger partial charge in [-0.3, -0.25) is 14.5 Å². The summed E-state index contributed by atoms with van der Waals surface area (Å²) in [4.78, 5) is 27.3. The van der Waals surface area contributed by atoms with Crippen LogP contribution in [0.4, 0.5) is 15.8 Å². The third kappa shape index (κ3) is 5.66. The molecule has 1 aliphatic carbocycles. The predicted octanol–water partition coefficient (Wildman–Crippen LogP) is 4.84. The van der Waals surface area contributed by atoms with Gasteiger partial charge in [-0.15, -0.1) is 23.2 Å². The third-order valence-electron chi connectivity index (χ3n) is 6.06. The highest BCUT2D eigenvalue weighted by Crippen LogP contribution is 2.65. The topological polar surface area (TPSA) is 70.7 Å². The summed E-state index contributed by atoms with van der Waals surface area (Å²) in [5.41, 5.74) is 2.12. The van der Waals surface area contributed by atoms with Gasteiger partial charge in [0.15, 0.2) is 0 Å². The molecule has 2 unspecified atom stereocenters. The Morgan fingerprint density at radius 3 is 2.59 bits per heavy atom. The highest BCUT2D eigenvalue weighted by atomic mass is 35.5. The number of hydrogen-bond donors (Lipinski definition) is 2. The zero-order chi connectivity index (χ0) is 24.5. The van der Waals surface area contributed by atoms with Crippen molar-refractivity contribution in [2.45, 2.75) is 23.6 Å². The Balaban J connectivity index is 1.43. The SMILES string of the molecule is CCc1cc(Cl)cc(C2C(C(=O)Nc3ccc(F)c(NC(=O)CN4CCOCC4)c3)C2(Cl)Cl)c1. The highest BCUT2D eigenvalue weighted by Gasteiger charge is 2.67. The lowest BCUT2D eigenvalue weighted by atomic mass is 10.0. The first-order chi connectivity index (χ1) is 16.2. The molecule has 1 heterocycles. The van der Waals surface area contributed by atoms with Gasteiger partial charge in [-0.25, -0.2) is 4.39 Å². The predicted molar refractivity (Wildman–Crippen MR) is 132 cm³/mol. The molecule has 2 aromatic rings. The molecule has 2 N–H and O–H groups in total. The maximum atomic E-state index is 14.3. The summed E-state index contributed by atoms with van der Waals surface area (Å²) >= 11 is 19.2. The summed E-state index contributed by atoms with van der Waals surface area (Å²) in [5.74, 6) is -2.48. The standard InChI is InChI=1S/C24H25Cl3FN3O3/c1-2-14-9-15(11-16(25)10-14)21-22(24(21,26)27)23(33)29-17-3-4-18(28)19(12-17)30-20(32)13-31-5-7-34-8-6-31/h3-4,9-12,21-22H,2,5-8,13H2,1H3,(H,29,33)(H,30,32). The quantitative estimate of drug-likeness (QED) is 0.505. The molecule has 0 radical (unpaired) electrons. The molecule has 1 saturated heterocycles. The van der Waals surface area contributed by atoms with Gasteiger partial charge in [-0.05, 0) is 47.9 Å². The van der Waals surface area contributed by atoms with Crippen LogP contribution in [0, 0.1) is 11.7 Å². The average molecular weight is 529 g/mol. The second-order valence-corrected chi connectivity index (χ2v) is 10.4. The molecule has 2 aliphatic rings. The van der Waals surface area contributed by atoms with E-state index >= 15 is 0 Å². The van der Waals surface area contributed by atoms with Gasteiger partial charge in [-0.1, -0.05) is 24.6 Å². The zero-order valence-electron chi connectivity index (χ0n) is 18.5. The van der Waals surface area contributed by atoms with Crippen LogP contribution in [0.2, 0.25) is 5.02 Å². The Morgan fingerprint density at radius 1 is 1.15 bits per heavy atom. The largest absolute Gasteiger partial charge is 0.379 e. The summed E-state index contributed by atoms with van der Waals surface area (Å²) < 4.78 is 18.3. The molecule has 0 spiro atoms. The molecule has 1 saturated carbocycles. The maximum Gasteiger partial charge on any atom is 0.238 e. The first-order valence-corrected chi connectivity index (χ1v) is 12.2. The summed E-state index contributed by atoms with van der Waals surface area (Å²) in [6.45, 7) is 4.53. The van der Waals surface area contributed by atoms with E-state index in [1.54, 1.807) is 6.07 Å². The molecule has 0 bridgehead atoms. The molecule has 2 aromatic carbocycles. The Kier molecular flexibility index (Phi) is 7.69. The van der Waals surface area contributed by atoms with Gasteiger partial charge in [0.1, 0.15) is 10.2 Å². The first kappa shape index (κ1) is 25.2. The molecule has 2 amide bonds. The number of carbonyl (C=O) groups excluding carboxylic acids is 2. The van der Waals surface area contributed by atoms with E-state index in [2.05, 4.69) is 10.6 Å². The summed E-state index contributed by atoms with van der Waals surface area (Å²) in [6.07, 6.45) is 0.782. The van der Waals surface area contributed by atoms with E-state index in [9.17, 15) is 14.0 Å². The molecular formula is C24H25Cl3FN3O3. The van der Waals surface area contributed by atoms with Gasteiger partial charge in [0.25, 0.3) is 0 Å². The minimum Gasteiger partial charge on any atom is -0.379 e. The van der Waals surface area contributed by atoms with E-state index in [0.29, 0.717) is 37.0 Å². The number of nitrogens with zero attached hydrogens (tertiary/aromatic N) is 1. The number of hydrogen-bond acceptors (Lipinski definition) is 4. The van der Waals surface area contributed by atoms with Crippen molar-refractivity contribution in [1.29, 1.82) is 0 Å². The van der Waals surface area contributed by atoms with Crippen LogP contribution >= 0.6 is 34.8 Å². The number of alkyl halides is 2. The monoisotopic (exact) mass is 527 g/mol. The van der Waals surface area contributed by atoms with E-state index in [0.717, 1.165) is 17.5 Å². The number of ether oxygens (including phenoxy) is 1. The van der Waals surface area contributed by atoms with E-state index in [1.807, 2.05) is 24.0 Å². The molecule has 2 atom stereocenters. The van der Waals surface area contributed by atoms with Gasteiger partial charge >= 0.3 is 0 Å². The van der Waals surface area contributed by atoms with Crippen LogP contribution in [0.5, 0.6) is 0 Å². The van der Waals surface area contributed by atoms with Crippen molar-refractivity contribution in [2.75, 3.05) is 43.5 Å². The van der Waals surface area contributed by atoms with Gasteiger partial charge in [0.2, 0.25) is 11.8 Å². The fraction of sp³-hybridized carbons (Fsp3) is 0.417. The maximum absolute atomic E-state index is 14.3. The molecule has 34 heavy (non-hydrogen) atoms. The van der Waals surface area contributed by atoms with Crippen LogP contribution < -0.4 is 10.6 Å². The van der Waals surface area contributed by atoms with E-state index < -0.39 is 27.9 Å². The van der Waals surface area contributed by atoms with Crippen LogP contribution in [-0.2, 0) is 20.7 Å². The van der Waals surface area contributed by atoms with Crippen molar-refractivity contribution < 1.29 is 18.7 Å². The number of nitrogens with one attached hydrogen (secondary N) is 2. The summed E-state index contributed by atoms with van der Waals surface area (Å²) in [7, 11) is 0. The second-order valence-electron chi connectivity index (χ2n) is 8.50. The number of anilines is 2. The Hall–Kier alpha value is -1.90. The van der Waals surface area contributed by atoms with Crippen molar-refractivity contribution >= 4 is 58.0 Å². The lowest BCUT2D eigenvalue weighted by molar-refractivity contribution is -0.118. The molecular weight excluding hydrogens is 504 g/mol. The summed E-state index contributed by atoms with van der Waals surface area (Å²) in [5, 5.41) is 5.87. The van der Waals surface area contributed by atoms with Crippen molar-refractivity contribution in [3.05, 3.63) is 58.4 Å². The van der Waals surface area contributed by atoms with Crippen LogP contribution in [0.25, 0.3) is 0 Å². The molecule has 10 heteroatoms. The minimum absolute atomic E-state index is 0.0196. The number of benzene rings is 2. The van der Waals surface area contributed by atoms with Crippen molar-refractivity contribution in [3.63, 3.8) is 0 Å². The number of halogens is 4. The van der Waals surface area contributed by atoms with Gasteiger partial charge < -0.3 is 15.4 Å². The number of aryl methyl sites for hydroxylation is 1. The molecule has 1 aliphatic heterocycles. The highest BCUT2D eigenvalue weighted by molar-refractivity contribution is 6.53. The number of carbonyl (C=O) groups is 2. The fourth-order valence-corrected chi connectivity index (χ4v) is 5.29. The second kappa shape index (κ2) is 10.4. The lowest BCUT2D eigenvalue weighted by Gasteiger charge is -2.25. The Bertz CT molecular complexity index is 1090. The lowest BCUT2D eigenvalue weighted by Crippen LogP contribution is -2.41. The van der Waals surface area contributed by atoms with Crippen molar-refractivity contribution in [3.8, 4) is 0 Å². The van der Waals surface area contributed by atoms with Crippen LogP contribution in [-0.4, -0.2) is 53.9 Å². The van der Waals surface area contributed by atoms with Gasteiger partial charge in [-0.2, -0.15) is 0 Å².